The second-order valence-electron chi connectivity index (χ2n) is 9.05. The van der Waals surface area contributed by atoms with E-state index in [2.05, 4.69) is 31.4 Å². The summed E-state index contributed by atoms with van der Waals surface area (Å²) >= 11 is 0. The highest BCUT2D eigenvalue weighted by molar-refractivity contribution is 6.10. The van der Waals surface area contributed by atoms with Gasteiger partial charge in [-0.05, 0) is 61.6 Å². The molecule has 3 rings (SSSR count). The van der Waals surface area contributed by atoms with Gasteiger partial charge in [-0.25, -0.2) is 4.79 Å². The van der Waals surface area contributed by atoms with E-state index in [-0.39, 0.29) is 23.8 Å². The first kappa shape index (κ1) is 19.4. The molecule has 1 aromatic rings. The molecule has 1 saturated carbocycles. The van der Waals surface area contributed by atoms with E-state index in [1.807, 2.05) is 32.0 Å². The van der Waals surface area contributed by atoms with Crippen molar-refractivity contribution < 1.29 is 14.4 Å². The van der Waals surface area contributed by atoms with Crippen molar-refractivity contribution in [1.82, 2.24) is 10.2 Å². The average molecular weight is 371 g/mol. The van der Waals surface area contributed by atoms with E-state index < -0.39 is 11.6 Å². The molecule has 1 spiro atoms. The summed E-state index contributed by atoms with van der Waals surface area (Å²) in [6, 6.07) is 5.18. The van der Waals surface area contributed by atoms with E-state index >= 15 is 0 Å². The molecule has 2 fully saturated rings. The molecule has 0 bridgehead atoms. The summed E-state index contributed by atoms with van der Waals surface area (Å²) in [6.45, 7) is 9.99. The van der Waals surface area contributed by atoms with Gasteiger partial charge in [-0.3, -0.25) is 14.5 Å². The van der Waals surface area contributed by atoms with Gasteiger partial charge < -0.3 is 10.6 Å². The molecular weight excluding hydrogens is 342 g/mol. The molecule has 27 heavy (non-hydrogen) atoms. The normalized spacial score (nSPS) is 27.0. The average Bonchev–Trinajstić information content (AvgIpc) is 2.73. The predicted octanol–water partition coefficient (Wildman–Crippen LogP) is 3.38. The zero-order chi connectivity index (χ0) is 20.0. The van der Waals surface area contributed by atoms with Gasteiger partial charge in [-0.1, -0.05) is 32.9 Å². The largest absolute Gasteiger partial charge is 0.325 e. The third-order valence-electron chi connectivity index (χ3n) is 5.80. The third-order valence-corrected chi connectivity index (χ3v) is 5.80. The van der Waals surface area contributed by atoms with Crippen LogP contribution < -0.4 is 10.6 Å². The minimum absolute atomic E-state index is 0.0302. The van der Waals surface area contributed by atoms with Crippen LogP contribution in [0.4, 0.5) is 10.5 Å². The summed E-state index contributed by atoms with van der Waals surface area (Å²) in [4.78, 5) is 39.2. The first-order valence-electron chi connectivity index (χ1n) is 9.53. The summed E-state index contributed by atoms with van der Waals surface area (Å²) in [5.74, 6) is -0.308. The molecule has 1 saturated heterocycles. The second-order valence-corrected chi connectivity index (χ2v) is 9.05. The standard InChI is InChI=1S/C21H29N3O3/c1-13-9-20(4,5)12-21(10-13)18(26)24(19(27)23-21)11-17(25)22-16-8-6-7-14(2)15(16)3/h6-8,13H,9-12H2,1-5H3,(H,22,25)(H,23,27)/t13-,21-/m0/s1. The van der Waals surface area contributed by atoms with Crippen molar-refractivity contribution in [2.24, 2.45) is 11.3 Å². The summed E-state index contributed by atoms with van der Waals surface area (Å²) in [6.07, 6.45) is 2.24. The Morgan fingerprint density at radius 1 is 1.26 bits per heavy atom. The minimum Gasteiger partial charge on any atom is -0.324 e. The Morgan fingerprint density at radius 2 is 1.96 bits per heavy atom. The number of anilines is 1. The summed E-state index contributed by atoms with van der Waals surface area (Å²) in [5.41, 5.74) is 1.84. The number of hydrogen-bond acceptors (Lipinski definition) is 3. The summed E-state index contributed by atoms with van der Waals surface area (Å²) in [7, 11) is 0. The van der Waals surface area contributed by atoms with Gasteiger partial charge in [0.2, 0.25) is 5.91 Å². The molecule has 1 aliphatic carbocycles. The van der Waals surface area contributed by atoms with Gasteiger partial charge in [0.15, 0.2) is 0 Å². The minimum atomic E-state index is -0.877. The molecule has 1 aromatic carbocycles. The predicted molar refractivity (Wildman–Crippen MR) is 104 cm³/mol. The lowest BCUT2D eigenvalue weighted by Crippen LogP contribution is -2.54. The number of rotatable bonds is 3. The monoisotopic (exact) mass is 371 g/mol. The van der Waals surface area contributed by atoms with Gasteiger partial charge in [0.1, 0.15) is 12.1 Å². The van der Waals surface area contributed by atoms with Crippen LogP contribution in [0.25, 0.3) is 0 Å². The van der Waals surface area contributed by atoms with Crippen LogP contribution in [0, 0.1) is 25.2 Å². The Bertz CT molecular complexity index is 802. The molecule has 0 unspecified atom stereocenters. The number of carbonyl (C=O) groups is 3. The zero-order valence-corrected chi connectivity index (χ0v) is 16.8. The summed E-state index contributed by atoms with van der Waals surface area (Å²) in [5, 5.41) is 5.72. The van der Waals surface area contributed by atoms with Crippen LogP contribution in [-0.4, -0.2) is 34.8 Å². The van der Waals surface area contributed by atoms with Crippen molar-refractivity contribution in [2.45, 2.75) is 59.4 Å². The molecular formula is C21H29N3O3. The maximum Gasteiger partial charge on any atom is 0.325 e. The number of amides is 4. The molecule has 6 heteroatoms. The molecule has 1 heterocycles. The van der Waals surface area contributed by atoms with Crippen molar-refractivity contribution in [3.8, 4) is 0 Å². The van der Waals surface area contributed by atoms with Gasteiger partial charge in [-0.2, -0.15) is 0 Å². The molecule has 6 nitrogen and oxygen atoms in total. The first-order chi connectivity index (χ1) is 12.5. The van der Waals surface area contributed by atoms with E-state index in [1.54, 1.807) is 0 Å². The third kappa shape index (κ3) is 3.70. The number of nitrogens with zero attached hydrogens (tertiary/aromatic N) is 1. The Labute approximate surface area is 160 Å². The van der Waals surface area contributed by atoms with E-state index in [1.165, 1.54) is 0 Å². The Kier molecular flexibility index (Phi) is 4.78. The number of nitrogens with one attached hydrogen (secondary N) is 2. The Morgan fingerprint density at radius 3 is 2.63 bits per heavy atom. The topological polar surface area (TPSA) is 78.5 Å². The van der Waals surface area contributed by atoms with Crippen LogP contribution in [0.2, 0.25) is 0 Å². The van der Waals surface area contributed by atoms with E-state index in [0.717, 1.165) is 22.4 Å². The smallest absolute Gasteiger partial charge is 0.324 e. The fraction of sp³-hybridized carbons (Fsp3) is 0.571. The van der Waals surface area contributed by atoms with E-state index in [4.69, 9.17) is 0 Å². The maximum absolute atomic E-state index is 13.1. The highest BCUT2D eigenvalue weighted by atomic mass is 16.2. The van der Waals surface area contributed by atoms with Crippen molar-refractivity contribution in [1.29, 1.82) is 0 Å². The molecule has 0 aromatic heterocycles. The maximum atomic E-state index is 13.1. The molecule has 0 radical (unpaired) electrons. The second kappa shape index (κ2) is 6.66. The van der Waals surface area contributed by atoms with Crippen molar-refractivity contribution in [3.05, 3.63) is 29.3 Å². The quantitative estimate of drug-likeness (QED) is 0.800. The van der Waals surface area contributed by atoms with Crippen LogP contribution in [0.1, 0.15) is 51.2 Å². The lowest BCUT2D eigenvalue weighted by molar-refractivity contribution is -0.136. The fourth-order valence-corrected chi connectivity index (χ4v) is 4.87. The van der Waals surface area contributed by atoms with Gasteiger partial charge in [0, 0.05) is 5.69 Å². The molecule has 2 aliphatic rings. The Balaban J connectivity index is 1.74. The van der Waals surface area contributed by atoms with Gasteiger partial charge in [-0.15, -0.1) is 0 Å². The Hall–Kier alpha value is -2.37. The van der Waals surface area contributed by atoms with E-state index in [9.17, 15) is 14.4 Å². The number of carbonyl (C=O) groups excluding carboxylic acids is 3. The van der Waals surface area contributed by atoms with Gasteiger partial charge in [0.05, 0.1) is 0 Å². The number of urea groups is 1. The zero-order valence-electron chi connectivity index (χ0n) is 16.8. The first-order valence-corrected chi connectivity index (χ1v) is 9.53. The van der Waals surface area contributed by atoms with Crippen LogP contribution in [0.3, 0.4) is 0 Å². The van der Waals surface area contributed by atoms with Crippen molar-refractivity contribution in [3.63, 3.8) is 0 Å². The lowest BCUT2D eigenvalue weighted by Gasteiger charge is -2.43. The number of benzene rings is 1. The highest BCUT2D eigenvalue weighted by Gasteiger charge is 2.56. The van der Waals surface area contributed by atoms with Crippen molar-refractivity contribution in [2.75, 3.05) is 11.9 Å². The van der Waals surface area contributed by atoms with Crippen LogP contribution >= 0.6 is 0 Å². The fourth-order valence-electron chi connectivity index (χ4n) is 4.87. The number of aryl methyl sites for hydroxylation is 1. The molecule has 146 valence electrons. The molecule has 2 atom stereocenters. The molecule has 1 aliphatic heterocycles. The van der Waals surface area contributed by atoms with Gasteiger partial charge in [0.25, 0.3) is 5.91 Å². The molecule has 2 N–H and O–H groups in total. The van der Waals surface area contributed by atoms with Crippen molar-refractivity contribution >= 4 is 23.5 Å². The lowest BCUT2D eigenvalue weighted by atomic mass is 9.64. The summed E-state index contributed by atoms with van der Waals surface area (Å²) < 4.78 is 0. The van der Waals surface area contributed by atoms with Crippen LogP contribution in [0.15, 0.2) is 18.2 Å². The highest BCUT2D eigenvalue weighted by Crippen LogP contribution is 2.46. The number of hydrogen-bond donors (Lipinski definition) is 2. The van der Waals surface area contributed by atoms with Gasteiger partial charge >= 0.3 is 6.03 Å². The van der Waals surface area contributed by atoms with E-state index in [0.29, 0.717) is 24.4 Å². The van der Waals surface area contributed by atoms with Crippen LogP contribution in [0.5, 0.6) is 0 Å². The van der Waals surface area contributed by atoms with Crippen LogP contribution in [-0.2, 0) is 9.59 Å². The number of imide groups is 1. The molecule has 4 amide bonds. The SMILES string of the molecule is Cc1cccc(NC(=O)CN2C(=O)N[C@]3(C[C@@H](C)CC(C)(C)C3)C2=O)c1C.